The molecule has 0 aliphatic rings. The van der Waals surface area contributed by atoms with Gasteiger partial charge in [0, 0.05) is 30.2 Å². The number of carbonyl (C=O) groups is 1. The summed E-state index contributed by atoms with van der Waals surface area (Å²) in [5.74, 6) is -0.0264. The van der Waals surface area contributed by atoms with Crippen molar-refractivity contribution in [2.24, 2.45) is 0 Å². The molecule has 0 aliphatic heterocycles. The molecule has 0 fully saturated rings. The molecule has 0 bridgehead atoms. The van der Waals surface area contributed by atoms with Crippen LogP contribution in [0.25, 0.3) is 0 Å². The molecule has 0 spiro atoms. The van der Waals surface area contributed by atoms with E-state index in [1.807, 2.05) is 19.1 Å². The fourth-order valence-corrected chi connectivity index (χ4v) is 1.48. The number of benzene rings is 1. The number of hydrogen-bond donors (Lipinski definition) is 2. The Labute approximate surface area is 107 Å². The number of carbonyl (C=O) groups excluding carboxylic acids is 1. The van der Waals surface area contributed by atoms with Gasteiger partial charge in [-0.15, -0.1) is 6.58 Å². The average Bonchev–Trinajstić information content (AvgIpc) is 2.30. The van der Waals surface area contributed by atoms with E-state index in [9.17, 15) is 4.79 Å². The molecule has 0 saturated carbocycles. The van der Waals surface area contributed by atoms with Crippen molar-refractivity contribution in [1.29, 1.82) is 0 Å². The maximum Gasteiger partial charge on any atom is 0.225 e. The zero-order valence-electron chi connectivity index (χ0n) is 9.92. The first-order chi connectivity index (χ1) is 8.13. The van der Waals surface area contributed by atoms with E-state index in [0.29, 0.717) is 24.5 Å². The summed E-state index contributed by atoms with van der Waals surface area (Å²) in [6, 6.07) is 5.48. The molecule has 2 N–H and O–H groups in total. The smallest absolute Gasteiger partial charge is 0.225 e. The second-order valence-corrected chi connectivity index (χ2v) is 4.16. The molecule has 17 heavy (non-hydrogen) atoms. The van der Waals surface area contributed by atoms with E-state index < -0.39 is 0 Å². The first-order valence-corrected chi connectivity index (χ1v) is 5.89. The maximum absolute atomic E-state index is 11.6. The highest BCUT2D eigenvalue weighted by Gasteiger charge is 2.03. The molecule has 1 amide bonds. The van der Waals surface area contributed by atoms with Crippen molar-refractivity contribution >= 4 is 23.2 Å². The predicted octanol–water partition coefficient (Wildman–Crippen LogP) is 2.75. The summed E-state index contributed by atoms with van der Waals surface area (Å²) in [6.45, 7) is 6.86. The summed E-state index contributed by atoms with van der Waals surface area (Å²) >= 11 is 5.97. The lowest BCUT2D eigenvalue weighted by Crippen LogP contribution is -2.21. The third kappa shape index (κ3) is 5.02. The van der Waals surface area contributed by atoms with Gasteiger partial charge in [0.25, 0.3) is 0 Å². The van der Waals surface area contributed by atoms with Crippen molar-refractivity contribution < 1.29 is 4.79 Å². The molecule has 1 rings (SSSR count). The van der Waals surface area contributed by atoms with Crippen LogP contribution in [-0.2, 0) is 4.79 Å². The van der Waals surface area contributed by atoms with Gasteiger partial charge >= 0.3 is 0 Å². The van der Waals surface area contributed by atoms with Gasteiger partial charge in [0.2, 0.25) is 5.91 Å². The topological polar surface area (TPSA) is 41.1 Å². The van der Waals surface area contributed by atoms with E-state index in [1.165, 1.54) is 0 Å². The number of rotatable bonds is 6. The summed E-state index contributed by atoms with van der Waals surface area (Å²) in [5, 5.41) is 6.52. The molecule has 0 aromatic heterocycles. The lowest BCUT2D eigenvalue weighted by molar-refractivity contribution is -0.116. The average molecular weight is 253 g/mol. The van der Waals surface area contributed by atoms with Crippen molar-refractivity contribution in [1.82, 2.24) is 5.32 Å². The van der Waals surface area contributed by atoms with Gasteiger partial charge in [-0.2, -0.15) is 0 Å². The molecular formula is C13H17ClN2O. The van der Waals surface area contributed by atoms with Gasteiger partial charge in [0.05, 0.1) is 0 Å². The molecular weight excluding hydrogens is 236 g/mol. The number of hydrogen-bond acceptors (Lipinski definition) is 2. The first kappa shape index (κ1) is 13.7. The fraction of sp³-hybridized carbons (Fsp3) is 0.308. The van der Waals surface area contributed by atoms with E-state index in [-0.39, 0.29) is 5.91 Å². The van der Waals surface area contributed by atoms with Crippen LogP contribution in [0.1, 0.15) is 12.0 Å². The summed E-state index contributed by atoms with van der Waals surface area (Å²) in [4.78, 5) is 11.6. The highest BCUT2D eigenvalue weighted by atomic mass is 35.5. The monoisotopic (exact) mass is 252 g/mol. The molecule has 3 nitrogen and oxygen atoms in total. The molecule has 4 heteroatoms. The van der Waals surface area contributed by atoms with Crippen LogP contribution in [0.4, 0.5) is 5.69 Å². The van der Waals surface area contributed by atoms with Gasteiger partial charge in [0.15, 0.2) is 0 Å². The number of halogens is 1. The second kappa shape index (κ2) is 7.09. The van der Waals surface area contributed by atoms with Crippen LogP contribution in [0.3, 0.4) is 0 Å². The Morgan fingerprint density at radius 1 is 1.53 bits per heavy atom. The molecule has 1 aromatic carbocycles. The van der Waals surface area contributed by atoms with Crippen molar-refractivity contribution in [2.45, 2.75) is 13.3 Å². The van der Waals surface area contributed by atoms with Crippen molar-refractivity contribution in [3.63, 3.8) is 0 Å². The molecule has 1 aromatic rings. The zero-order chi connectivity index (χ0) is 12.7. The minimum Gasteiger partial charge on any atom is -0.326 e. The maximum atomic E-state index is 11.6. The Morgan fingerprint density at radius 3 is 2.94 bits per heavy atom. The SMILES string of the molecule is C=CCNCCC(=O)Nc1ccc(C)c(Cl)c1. The van der Waals surface area contributed by atoms with Crippen LogP contribution in [-0.4, -0.2) is 19.0 Å². The van der Waals surface area contributed by atoms with Crippen LogP contribution in [0.5, 0.6) is 0 Å². The Kier molecular flexibility index (Phi) is 5.73. The lowest BCUT2D eigenvalue weighted by atomic mass is 10.2. The standard InChI is InChI=1S/C13H17ClN2O/c1-3-7-15-8-6-13(17)16-11-5-4-10(2)12(14)9-11/h3-5,9,15H,1,6-8H2,2H3,(H,16,17). The van der Waals surface area contributed by atoms with Crippen molar-refractivity contribution in [3.05, 3.63) is 41.4 Å². The predicted molar refractivity (Wildman–Crippen MR) is 72.5 cm³/mol. The third-order valence-electron chi connectivity index (χ3n) is 2.27. The molecule has 0 radical (unpaired) electrons. The van der Waals surface area contributed by atoms with Gasteiger partial charge in [-0.3, -0.25) is 4.79 Å². The summed E-state index contributed by atoms with van der Waals surface area (Å²) in [5.41, 5.74) is 1.73. The first-order valence-electron chi connectivity index (χ1n) is 5.51. The number of anilines is 1. The van der Waals surface area contributed by atoms with Crippen LogP contribution in [0.2, 0.25) is 5.02 Å². The Balaban J connectivity index is 2.39. The van der Waals surface area contributed by atoms with E-state index in [1.54, 1.807) is 12.1 Å². The van der Waals surface area contributed by atoms with E-state index in [0.717, 1.165) is 11.3 Å². The highest BCUT2D eigenvalue weighted by molar-refractivity contribution is 6.31. The number of aryl methyl sites for hydroxylation is 1. The van der Waals surface area contributed by atoms with Gasteiger partial charge in [-0.25, -0.2) is 0 Å². The normalized spacial score (nSPS) is 10.0. The van der Waals surface area contributed by atoms with Crippen molar-refractivity contribution in [2.75, 3.05) is 18.4 Å². The number of amides is 1. The third-order valence-corrected chi connectivity index (χ3v) is 2.68. The molecule has 92 valence electrons. The molecule has 0 atom stereocenters. The second-order valence-electron chi connectivity index (χ2n) is 3.75. The van der Waals surface area contributed by atoms with Gasteiger partial charge < -0.3 is 10.6 Å². The van der Waals surface area contributed by atoms with E-state index in [4.69, 9.17) is 11.6 Å². The highest BCUT2D eigenvalue weighted by Crippen LogP contribution is 2.19. The zero-order valence-corrected chi connectivity index (χ0v) is 10.7. The van der Waals surface area contributed by atoms with Gasteiger partial charge in [0.1, 0.15) is 0 Å². The van der Waals surface area contributed by atoms with E-state index >= 15 is 0 Å². The lowest BCUT2D eigenvalue weighted by Gasteiger charge is -2.07. The van der Waals surface area contributed by atoms with Gasteiger partial charge in [-0.05, 0) is 24.6 Å². The number of nitrogens with one attached hydrogen (secondary N) is 2. The molecule has 0 unspecified atom stereocenters. The van der Waals surface area contributed by atoms with Crippen LogP contribution < -0.4 is 10.6 Å². The van der Waals surface area contributed by atoms with Gasteiger partial charge in [-0.1, -0.05) is 23.7 Å². The van der Waals surface area contributed by atoms with Crippen molar-refractivity contribution in [3.8, 4) is 0 Å². The van der Waals surface area contributed by atoms with E-state index in [2.05, 4.69) is 17.2 Å². The molecule has 0 saturated heterocycles. The summed E-state index contributed by atoms with van der Waals surface area (Å²) in [6.07, 6.45) is 2.19. The Bertz CT molecular complexity index is 404. The summed E-state index contributed by atoms with van der Waals surface area (Å²) in [7, 11) is 0. The minimum absolute atomic E-state index is 0.0264. The molecule has 0 aliphatic carbocycles. The minimum atomic E-state index is -0.0264. The Morgan fingerprint density at radius 2 is 2.29 bits per heavy atom. The fourth-order valence-electron chi connectivity index (χ4n) is 1.30. The van der Waals surface area contributed by atoms with Crippen LogP contribution in [0.15, 0.2) is 30.9 Å². The quantitative estimate of drug-likeness (QED) is 0.604. The van der Waals surface area contributed by atoms with Crippen LogP contribution in [0, 0.1) is 6.92 Å². The Hall–Kier alpha value is -1.32. The van der Waals surface area contributed by atoms with Crippen LogP contribution >= 0.6 is 11.6 Å². The summed E-state index contributed by atoms with van der Waals surface area (Å²) < 4.78 is 0. The molecule has 0 heterocycles. The largest absolute Gasteiger partial charge is 0.326 e.